The maximum Gasteiger partial charge on any atom is 0.290 e. The number of amides is 1. The molecule has 0 bridgehead atoms. The molecule has 1 amide bonds. The summed E-state index contributed by atoms with van der Waals surface area (Å²) in [5.74, 6) is 1.09. The number of likely N-dealkylation sites (N-methyl/N-ethyl adjacent to an activating group) is 1. The van der Waals surface area contributed by atoms with E-state index in [-0.39, 0.29) is 17.1 Å². The predicted molar refractivity (Wildman–Crippen MR) is 144 cm³/mol. The zero-order valence-electron chi connectivity index (χ0n) is 21.3. The number of hydrogen-bond donors (Lipinski definition) is 0. The number of fused-ring (bicyclic) bond motifs is 2. The van der Waals surface area contributed by atoms with Gasteiger partial charge in [-0.1, -0.05) is 41.8 Å². The van der Waals surface area contributed by atoms with Gasteiger partial charge in [0.2, 0.25) is 5.76 Å². The number of hydrogen-bond acceptors (Lipinski definition) is 6. The monoisotopic (exact) mass is 556 g/mol. The maximum atomic E-state index is 13.7. The van der Waals surface area contributed by atoms with Crippen LogP contribution in [0.3, 0.4) is 0 Å². The van der Waals surface area contributed by atoms with E-state index in [1.807, 2.05) is 44.1 Å². The Kier molecular flexibility index (Phi) is 8.36. The molecule has 1 aliphatic rings. The molecule has 0 saturated carbocycles. The minimum Gasteiger partial charge on any atom is -0.490 e. The van der Waals surface area contributed by atoms with E-state index in [9.17, 15) is 9.59 Å². The van der Waals surface area contributed by atoms with Crippen molar-refractivity contribution < 1.29 is 18.7 Å². The van der Waals surface area contributed by atoms with E-state index >= 15 is 0 Å². The Hall–Kier alpha value is -2.84. The van der Waals surface area contributed by atoms with Gasteiger partial charge in [-0.05, 0) is 63.3 Å². The van der Waals surface area contributed by atoms with Gasteiger partial charge in [0, 0.05) is 17.6 Å². The van der Waals surface area contributed by atoms with E-state index in [1.165, 1.54) is 0 Å². The van der Waals surface area contributed by atoms with E-state index in [0.29, 0.717) is 54.3 Å². The maximum absolute atomic E-state index is 13.7. The van der Waals surface area contributed by atoms with Crippen LogP contribution >= 0.6 is 15.9 Å². The molecule has 7 nitrogen and oxygen atoms in total. The van der Waals surface area contributed by atoms with Gasteiger partial charge >= 0.3 is 0 Å². The quantitative estimate of drug-likeness (QED) is 0.285. The lowest BCUT2D eigenvalue weighted by molar-refractivity contribution is 0.0716. The van der Waals surface area contributed by atoms with Crippen LogP contribution in [0.4, 0.5) is 0 Å². The molecule has 0 spiro atoms. The fourth-order valence-electron chi connectivity index (χ4n) is 4.49. The first-order valence-corrected chi connectivity index (χ1v) is 13.3. The average Bonchev–Trinajstić information content (AvgIpc) is 3.13. The highest BCUT2D eigenvalue weighted by Gasteiger charge is 2.42. The van der Waals surface area contributed by atoms with E-state index in [2.05, 4.69) is 22.9 Å². The molecule has 0 saturated heterocycles. The standard InChI is InChI=1S/C28H33BrN2O5/c1-5-7-8-15-35-22-11-9-18(16-23(22)34-6-2)25-24-26(32)20-17-19(29)10-12-21(20)36-27(24)28(33)31(25)14-13-30(3)4/h9-12,16-17,25H,5-8,13-15H2,1-4H3. The fraction of sp³-hybridized carbons (Fsp3) is 0.429. The molecule has 0 N–H and O–H groups in total. The molecule has 0 fully saturated rings. The molecule has 0 radical (unpaired) electrons. The number of rotatable bonds is 11. The van der Waals surface area contributed by atoms with Crippen molar-refractivity contribution in [2.45, 2.75) is 39.2 Å². The molecule has 2 heterocycles. The largest absolute Gasteiger partial charge is 0.490 e. The van der Waals surface area contributed by atoms with Crippen LogP contribution in [0.15, 0.2) is 50.1 Å². The van der Waals surface area contributed by atoms with Gasteiger partial charge in [0.05, 0.1) is 30.2 Å². The fourth-order valence-corrected chi connectivity index (χ4v) is 4.86. The van der Waals surface area contributed by atoms with Crippen LogP contribution in [0.2, 0.25) is 0 Å². The highest BCUT2D eigenvalue weighted by Crippen LogP contribution is 2.41. The molecule has 1 atom stereocenters. The molecule has 8 heteroatoms. The summed E-state index contributed by atoms with van der Waals surface area (Å²) >= 11 is 3.44. The number of nitrogens with zero attached hydrogens (tertiary/aromatic N) is 2. The second-order valence-corrected chi connectivity index (χ2v) is 10.1. The van der Waals surface area contributed by atoms with Crippen molar-refractivity contribution in [2.75, 3.05) is 40.4 Å². The molecule has 4 rings (SSSR count). The van der Waals surface area contributed by atoms with Crippen molar-refractivity contribution >= 4 is 32.8 Å². The topological polar surface area (TPSA) is 72.2 Å². The van der Waals surface area contributed by atoms with Crippen LogP contribution < -0.4 is 14.9 Å². The van der Waals surface area contributed by atoms with Crippen molar-refractivity contribution in [2.24, 2.45) is 0 Å². The molecule has 36 heavy (non-hydrogen) atoms. The highest BCUT2D eigenvalue weighted by atomic mass is 79.9. The molecular weight excluding hydrogens is 524 g/mol. The summed E-state index contributed by atoms with van der Waals surface area (Å²) in [6, 6.07) is 10.3. The molecule has 1 aromatic heterocycles. The summed E-state index contributed by atoms with van der Waals surface area (Å²) in [4.78, 5) is 31.0. The average molecular weight is 557 g/mol. The van der Waals surface area contributed by atoms with Gasteiger partial charge in [-0.25, -0.2) is 0 Å². The molecule has 2 aromatic carbocycles. The summed E-state index contributed by atoms with van der Waals surface area (Å²) in [5.41, 5.74) is 1.35. The first-order chi connectivity index (χ1) is 17.3. The lowest BCUT2D eigenvalue weighted by Crippen LogP contribution is -2.35. The Morgan fingerprint density at radius 3 is 2.56 bits per heavy atom. The number of ether oxygens (including phenoxy) is 2. The molecular formula is C28H33BrN2O5. The van der Waals surface area contributed by atoms with E-state index < -0.39 is 6.04 Å². The first kappa shape index (κ1) is 26.2. The summed E-state index contributed by atoms with van der Waals surface area (Å²) in [6.45, 7) is 6.25. The molecule has 1 aliphatic heterocycles. The van der Waals surface area contributed by atoms with Crippen LogP contribution in [0.25, 0.3) is 11.0 Å². The summed E-state index contributed by atoms with van der Waals surface area (Å²) in [6.07, 6.45) is 3.19. The van der Waals surface area contributed by atoms with Crippen LogP contribution in [0.5, 0.6) is 11.5 Å². The smallest absolute Gasteiger partial charge is 0.290 e. The van der Waals surface area contributed by atoms with Crippen molar-refractivity contribution in [3.8, 4) is 11.5 Å². The molecule has 1 unspecified atom stereocenters. The lowest BCUT2D eigenvalue weighted by Gasteiger charge is -2.27. The Labute approximate surface area is 220 Å². The van der Waals surface area contributed by atoms with Gasteiger partial charge in [0.1, 0.15) is 5.58 Å². The van der Waals surface area contributed by atoms with Gasteiger partial charge in [0.15, 0.2) is 16.9 Å². The number of carbonyl (C=O) groups is 1. The third-order valence-electron chi connectivity index (χ3n) is 6.30. The van der Waals surface area contributed by atoms with Gasteiger partial charge in [0.25, 0.3) is 5.91 Å². The van der Waals surface area contributed by atoms with Crippen molar-refractivity contribution in [3.63, 3.8) is 0 Å². The van der Waals surface area contributed by atoms with E-state index in [4.69, 9.17) is 13.9 Å². The summed E-state index contributed by atoms with van der Waals surface area (Å²) in [7, 11) is 3.91. The first-order valence-electron chi connectivity index (χ1n) is 12.5. The Morgan fingerprint density at radius 1 is 1.03 bits per heavy atom. The summed E-state index contributed by atoms with van der Waals surface area (Å²) in [5, 5.41) is 0.441. The van der Waals surface area contributed by atoms with Gasteiger partial charge in [-0.15, -0.1) is 0 Å². The van der Waals surface area contributed by atoms with Crippen LogP contribution in [0, 0.1) is 0 Å². The predicted octanol–water partition coefficient (Wildman–Crippen LogP) is 5.63. The number of benzene rings is 2. The zero-order chi connectivity index (χ0) is 25.8. The normalized spacial score (nSPS) is 15.1. The molecule has 3 aromatic rings. The van der Waals surface area contributed by atoms with Gasteiger partial charge in [-0.3, -0.25) is 9.59 Å². The minimum atomic E-state index is -0.583. The number of halogens is 1. The Balaban J connectivity index is 1.82. The summed E-state index contributed by atoms with van der Waals surface area (Å²) < 4.78 is 18.7. The van der Waals surface area contributed by atoms with Gasteiger partial charge < -0.3 is 23.7 Å². The van der Waals surface area contributed by atoms with Crippen molar-refractivity contribution in [1.82, 2.24) is 9.80 Å². The minimum absolute atomic E-state index is 0.108. The highest BCUT2D eigenvalue weighted by molar-refractivity contribution is 9.10. The van der Waals surface area contributed by atoms with E-state index in [0.717, 1.165) is 29.3 Å². The number of unbranched alkanes of at least 4 members (excludes halogenated alkanes) is 2. The second-order valence-electron chi connectivity index (χ2n) is 9.21. The Bertz CT molecular complexity index is 1300. The number of carbonyl (C=O) groups excluding carboxylic acids is 1. The molecule has 192 valence electrons. The van der Waals surface area contributed by atoms with Crippen LogP contribution in [0.1, 0.15) is 60.8 Å². The third-order valence-corrected chi connectivity index (χ3v) is 6.80. The Morgan fingerprint density at radius 2 is 1.83 bits per heavy atom. The van der Waals surface area contributed by atoms with Crippen molar-refractivity contribution in [1.29, 1.82) is 0 Å². The van der Waals surface area contributed by atoms with E-state index in [1.54, 1.807) is 23.1 Å². The van der Waals surface area contributed by atoms with Crippen LogP contribution in [-0.2, 0) is 0 Å². The molecule has 0 aliphatic carbocycles. The van der Waals surface area contributed by atoms with Gasteiger partial charge in [-0.2, -0.15) is 0 Å². The van der Waals surface area contributed by atoms with Crippen LogP contribution in [-0.4, -0.2) is 56.1 Å². The van der Waals surface area contributed by atoms with Crippen molar-refractivity contribution in [3.05, 3.63) is 68.0 Å². The third kappa shape index (κ3) is 5.30. The SMILES string of the molecule is CCCCCOc1ccc(C2c3c(oc4ccc(Br)cc4c3=O)C(=O)N2CCN(C)C)cc1OCC. The zero-order valence-corrected chi connectivity index (χ0v) is 22.9. The lowest BCUT2D eigenvalue weighted by atomic mass is 9.98. The second kappa shape index (κ2) is 11.5.